The number of carbonyl (C=O) groups excluding carboxylic acids is 1. The van der Waals surface area contributed by atoms with Gasteiger partial charge in [0.2, 0.25) is 5.91 Å². The number of anilines is 1. The van der Waals surface area contributed by atoms with E-state index in [0.717, 1.165) is 29.3 Å². The smallest absolute Gasteiger partial charge is 0.241 e. The highest BCUT2D eigenvalue weighted by atomic mass is 16.3. The Hall–Kier alpha value is -2.84. The average Bonchev–Trinajstić information content (AvgIpc) is 2.82. The number of fused-ring (bicyclic) bond motifs is 1. The van der Waals surface area contributed by atoms with Crippen molar-refractivity contribution in [2.45, 2.75) is 43.9 Å². The van der Waals surface area contributed by atoms with Crippen molar-refractivity contribution in [3.05, 3.63) is 72.4 Å². The van der Waals surface area contributed by atoms with Crippen LogP contribution in [0, 0.1) is 0 Å². The van der Waals surface area contributed by atoms with Gasteiger partial charge in [-0.05, 0) is 49.9 Å². The summed E-state index contributed by atoms with van der Waals surface area (Å²) < 4.78 is 0. The number of nitrogens with zero attached hydrogens (tertiary/aromatic N) is 1. The van der Waals surface area contributed by atoms with Gasteiger partial charge in [-0.25, -0.2) is 0 Å². The Morgan fingerprint density at radius 1 is 1.06 bits per heavy atom. The maximum absolute atomic E-state index is 13.1. The Kier molecular flexibility index (Phi) is 9.13. The van der Waals surface area contributed by atoms with Crippen LogP contribution in [0.25, 0.3) is 10.9 Å². The fraction of sp³-hybridized carbons (Fsp3) is 0.360. The van der Waals surface area contributed by atoms with Crippen molar-refractivity contribution in [2.75, 3.05) is 18.4 Å². The zero-order valence-corrected chi connectivity index (χ0v) is 18.3. The first kappa shape index (κ1) is 23.8. The number of aliphatic hydroxyl groups excluding tert-OH is 1. The van der Waals surface area contributed by atoms with Gasteiger partial charge in [0.15, 0.2) is 0 Å². The third kappa shape index (κ3) is 7.10. The molecule has 1 heterocycles. The number of aliphatic hydroxyl groups is 1. The van der Waals surface area contributed by atoms with Gasteiger partial charge in [-0.15, -0.1) is 0 Å². The third-order valence-electron chi connectivity index (χ3n) is 5.55. The quantitative estimate of drug-likeness (QED) is 0.297. The third-order valence-corrected chi connectivity index (χ3v) is 5.55. The van der Waals surface area contributed by atoms with Gasteiger partial charge in [0.1, 0.15) is 0 Å². The SMILES string of the molecule is NCCC[C@@H](N)C(O)CN[C@H](CCc1ccccc1)C(=O)Nc1cnc2ccccc2c1. The van der Waals surface area contributed by atoms with Crippen LogP contribution in [-0.4, -0.2) is 47.3 Å². The molecule has 170 valence electrons. The van der Waals surface area contributed by atoms with E-state index in [0.29, 0.717) is 25.1 Å². The average molecular weight is 436 g/mol. The van der Waals surface area contributed by atoms with Gasteiger partial charge in [0.05, 0.1) is 29.5 Å². The second kappa shape index (κ2) is 12.3. The molecule has 3 aromatic rings. The molecule has 0 saturated carbocycles. The second-order valence-electron chi connectivity index (χ2n) is 8.05. The molecule has 32 heavy (non-hydrogen) atoms. The number of hydrogen-bond donors (Lipinski definition) is 5. The number of amides is 1. The van der Waals surface area contributed by atoms with Gasteiger partial charge in [-0.2, -0.15) is 0 Å². The summed E-state index contributed by atoms with van der Waals surface area (Å²) in [4.78, 5) is 17.5. The molecule has 3 atom stereocenters. The summed E-state index contributed by atoms with van der Waals surface area (Å²) in [6.07, 6.45) is 3.62. The maximum atomic E-state index is 13.1. The van der Waals surface area contributed by atoms with Crippen molar-refractivity contribution >= 4 is 22.5 Å². The Bertz CT molecular complexity index is 982. The molecule has 0 aliphatic rings. The number of para-hydroxylation sites is 1. The number of hydrogen-bond acceptors (Lipinski definition) is 6. The Labute approximate surface area is 189 Å². The van der Waals surface area contributed by atoms with Crippen molar-refractivity contribution in [1.29, 1.82) is 0 Å². The van der Waals surface area contributed by atoms with Crippen molar-refractivity contribution in [3.63, 3.8) is 0 Å². The van der Waals surface area contributed by atoms with Crippen LogP contribution < -0.4 is 22.1 Å². The number of rotatable bonds is 12. The summed E-state index contributed by atoms with van der Waals surface area (Å²) in [5.74, 6) is -0.166. The summed E-state index contributed by atoms with van der Waals surface area (Å²) in [6.45, 7) is 0.768. The zero-order chi connectivity index (χ0) is 22.8. The van der Waals surface area contributed by atoms with E-state index in [1.807, 2.05) is 60.7 Å². The molecule has 7 heteroatoms. The summed E-state index contributed by atoms with van der Waals surface area (Å²) in [5.41, 5.74) is 14.2. The minimum atomic E-state index is -0.754. The van der Waals surface area contributed by atoms with E-state index in [4.69, 9.17) is 11.5 Å². The molecule has 7 nitrogen and oxygen atoms in total. The topological polar surface area (TPSA) is 126 Å². The van der Waals surface area contributed by atoms with Gasteiger partial charge >= 0.3 is 0 Å². The molecule has 3 rings (SSSR count). The van der Waals surface area contributed by atoms with Gasteiger partial charge in [-0.1, -0.05) is 48.5 Å². The molecule has 7 N–H and O–H groups in total. The van der Waals surface area contributed by atoms with Crippen LogP contribution in [0.15, 0.2) is 66.9 Å². The zero-order valence-electron chi connectivity index (χ0n) is 18.3. The Morgan fingerprint density at radius 2 is 1.81 bits per heavy atom. The van der Waals surface area contributed by atoms with Crippen LogP contribution in [0.5, 0.6) is 0 Å². The van der Waals surface area contributed by atoms with E-state index in [1.54, 1.807) is 6.20 Å². The number of benzene rings is 2. The number of aryl methyl sites for hydroxylation is 1. The molecule has 0 radical (unpaired) electrons. The highest BCUT2D eigenvalue weighted by molar-refractivity contribution is 5.96. The lowest BCUT2D eigenvalue weighted by Gasteiger charge is -2.23. The normalized spacial score (nSPS) is 14.1. The first-order chi connectivity index (χ1) is 15.6. The minimum absolute atomic E-state index is 0.166. The number of pyridine rings is 1. The fourth-order valence-corrected chi connectivity index (χ4v) is 3.61. The molecule has 0 spiro atoms. The van der Waals surface area contributed by atoms with Crippen molar-refractivity contribution in [2.24, 2.45) is 11.5 Å². The van der Waals surface area contributed by atoms with Crippen molar-refractivity contribution in [3.8, 4) is 0 Å². The molecule has 2 aromatic carbocycles. The maximum Gasteiger partial charge on any atom is 0.241 e. The first-order valence-electron chi connectivity index (χ1n) is 11.1. The van der Waals surface area contributed by atoms with E-state index < -0.39 is 12.1 Å². The first-order valence-corrected chi connectivity index (χ1v) is 11.1. The van der Waals surface area contributed by atoms with Gasteiger partial charge in [0, 0.05) is 18.0 Å². The molecule has 1 amide bonds. The predicted octanol–water partition coefficient (Wildman–Crippen LogP) is 2.19. The molecule has 0 aliphatic heterocycles. The number of nitrogens with two attached hydrogens (primary N) is 2. The van der Waals surface area contributed by atoms with E-state index in [2.05, 4.69) is 15.6 Å². The molecule has 0 bridgehead atoms. The molecule has 1 unspecified atom stereocenters. The molecule has 0 fully saturated rings. The van der Waals surface area contributed by atoms with Crippen LogP contribution in [0.1, 0.15) is 24.8 Å². The molecular formula is C25H33N5O2. The van der Waals surface area contributed by atoms with Crippen LogP contribution in [0.2, 0.25) is 0 Å². The Morgan fingerprint density at radius 3 is 2.59 bits per heavy atom. The van der Waals surface area contributed by atoms with Crippen LogP contribution in [0.3, 0.4) is 0 Å². The molecule has 0 saturated heterocycles. The lowest BCUT2D eigenvalue weighted by atomic mass is 10.0. The Balaban J connectivity index is 1.65. The summed E-state index contributed by atoms with van der Waals surface area (Å²) in [5, 5.41) is 17.5. The summed E-state index contributed by atoms with van der Waals surface area (Å²) in [7, 11) is 0. The molecule has 1 aromatic heterocycles. The van der Waals surface area contributed by atoms with E-state index >= 15 is 0 Å². The largest absolute Gasteiger partial charge is 0.390 e. The van der Waals surface area contributed by atoms with Gasteiger partial charge < -0.3 is 27.2 Å². The standard InChI is InChI=1S/C25H33N5O2/c26-14-6-10-21(27)24(31)17-29-23(13-12-18-7-2-1-3-8-18)25(32)30-20-15-19-9-4-5-11-22(19)28-16-20/h1-5,7-9,11,15-16,21,23-24,29,31H,6,10,12-14,17,26-27H2,(H,30,32)/t21-,23-,24?/m1/s1. The van der Waals surface area contributed by atoms with E-state index in [9.17, 15) is 9.90 Å². The highest BCUT2D eigenvalue weighted by Gasteiger charge is 2.22. The minimum Gasteiger partial charge on any atom is -0.390 e. The lowest BCUT2D eigenvalue weighted by molar-refractivity contribution is -0.118. The van der Waals surface area contributed by atoms with Crippen LogP contribution in [0.4, 0.5) is 5.69 Å². The predicted molar refractivity (Wildman–Crippen MR) is 129 cm³/mol. The number of aromatic nitrogens is 1. The monoisotopic (exact) mass is 435 g/mol. The fourth-order valence-electron chi connectivity index (χ4n) is 3.61. The van der Waals surface area contributed by atoms with Gasteiger partial charge in [0.25, 0.3) is 0 Å². The summed E-state index contributed by atoms with van der Waals surface area (Å²) >= 11 is 0. The molecular weight excluding hydrogens is 402 g/mol. The van der Waals surface area contributed by atoms with Crippen LogP contribution >= 0.6 is 0 Å². The number of nitrogens with one attached hydrogen (secondary N) is 2. The van der Waals surface area contributed by atoms with Crippen molar-refractivity contribution < 1.29 is 9.90 Å². The van der Waals surface area contributed by atoms with E-state index in [-0.39, 0.29) is 18.5 Å². The van der Waals surface area contributed by atoms with Crippen molar-refractivity contribution in [1.82, 2.24) is 10.3 Å². The summed E-state index contributed by atoms with van der Waals surface area (Å²) in [6, 6.07) is 18.8. The number of carbonyl (C=O) groups is 1. The van der Waals surface area contributed by atoms with E-state index in [1.165, 1.54) is 0 Å². The van der Waals surface area contributed by atoms with Gasteiger partial charge in [-0.3, -0.25) is 9.78 Å². The lowest BCUT2D eigenvalue weighted by Crippen LogP contribution is -2.48. The van der Waals surface area contributed by atoms with Crippen LogP contribution in [-0.2, 0) is 11.2 Å². The second-order valence-corrected chi connectivity index (χ2v) is 8.05. The highest BCUT2D eigenvalue weighted by Crippen LogP contribution is 2.17. The molecule has 0 aliphatic carbocycles.